The van der Waals surface area contributed by atoms with Crippen LogP contribution >= 0.6 is 23.2 Å². The highest BCUT2D eigenvalue weighted by Gasteiger charge is 2.16. The van der Waals surface area contributed by atoms with Gasteiger partial charge in [-0.1, -0.05) is 29.8 Å². The van der Waals surface area contributed by atoms with Crippen molar-refractivity contribution in [2.24, 2.45) is 0 Å². The molecule has 0 aromatic heterocycles. The summed E-state index contributed by atoms with van der Waals surface area (Å²) in [4.78, 5) is 22.1. The van der Waals surface area contributed by atoms with Crippen molar-refractivity contribution in [3.05, 3.63) is 63.5 Å². The third kappa shape index (κ3) is 3.80. The van der Waals surface area contributed by atoms with E-state index in [0.29, 0.717) is 10.7 Å². The zero-order chi connectivity index (χ0) is 15.4. The summed E-state index contributed by atoms with van der Waals surface area (Å²) in [5.74, 6) is -0.251. The van der Waals surface area contributed by atoms with Gasteiger partial charge >= 0.3 is 0 Å². The van der Waals surface area contributed by atoms with Crippen LogP contribution in [0.5, 0.6) is 0 Å². The lowest BCUT2D eigenvalue weighted by Gasteiger charge is -2.11. The zero-order valence-electron chi connectivity index (χ0n) is 11.2. The van der Waals surface area contributed by atoms with Crippen molar-refractivity contribution in [2.45, 2.75) is 12.3 Å². The Morgan fingerprint density at radius 1 is 1.14 bits per heavy atom. The van der Waals surface area contributed by atoms with Crippen LogP contribution in [-0.2, 0) is 4.79 Å². The van der Waals surface area contributed by atoms with Crippen LogP contribution in [0.1, 0.15) is 23.4 Å². The summed E-state index contributed by atoms with van der Waals surface area (Å²) in [5, 5.41) is 4.60. The van der Waals surface area contributed by atoms with E-state index in [1.165, 1.54) is 6.92 Å². The number of rotatable bonds is 4. The van der Waals surface area contributed by atoms with Crippen LogP contribution in [0.3, 0.4) is 0 Å². The maximum Gasteiger partial charge on any atom is 0.277 e. The second kappa shape index (κ2) is 6.70. The van der Waals surface area contributed by atoms with Gasteiger partial charge in [0, 0.05) is 28.1 Å². The lowest BCUT2D eigenvalue weighted by Crippen LogP contribution is -2.56. The molecule has 2 aromatic rings. The lowest BCUT2D eigenvalue weighted by molar-refractivity contribution is -0.378. The number of carbonyl (C=O) groups is 1. The molecule has 0 aliphatic carbocycles. The van der Waals surface area contributed by atoms with Gasteiger partial charge in [-0.05, 0) is 29.3 Å². The van der Waals surface area contributed by atoms with Gasteiger partial charge in [-0.3, -0.25) is 4.79 Å². The van der Waals surface area contributed by atoms with Gasteiger partial charge in [0.2, 0.25) is 5.91 Å². The maximum atomic E-state index is 11.1. The van der Waals surface area contributed by atoms with E-state index in [2.05, 4.69) is 5.32 Å². The molecule has 0 heterocycles. The molecule has 21 heavy (non-hydrogen) atoms. The SMILES string of the molecule is CC(=O)Nc1ccc(C(Cl)c2ccc(Cl)cc2)cc1[NH+]=O. The standard InChI is InChI=1S/C15H12Cl2N2O2/c1-9(20)18-13-7-4-11(8-14(13)19-21)15(17)10-2-5-12(16)6-3-10/h2-8,15H,1H3,(H,18,20)/p+1. The average molecular weight is 324 g/mol. The Balaban J connectivity index is 2.33. The molecular weight excluding hydrogens is 311 g/mol. The normalized spacial score (nSPS) is 11.8. The number of hydrogen-bond donors (Lipinski definition) is 2. The van der Waals surface area contributed by atoms with Gasteiger partial charge in [0.05, 0.1) is 5.38 Å². The van der Waals surface area contributed by atoms with Gasteiger partial charge in [-0.25, -0.2) is 0 Å². The molecule has 0 aliphatic heterocycles. The van der Waals surface area contributed by atoms with Crippen LogP contribution < -0.4 is 10.5 Å². The Hall–Kier alpha value is -1.91. The molecule has 1 amide bonds. The first kappa shape index (κ1) is 15.5. The third-order valence-electron chi connectivity index (χ3n) is 2.92. The van der Waals surface area contributed by atoms with Crippen molar-refractivity contribution in [3.63, 3.8) is 0 Å². The molecule has 6 heteroatoms. The van der Waals surface area contributed by atoms with E-state index >= 15 is 0 Å². The number of amides is 1. The lowest BCUT2D eigenvalue weighted by atomic mass is 10.0. The first-order valence-electron chi connectivity index (χ1n) is 6.20. The van der Waals surface area contributed by atoms with Gasteiger partial charge < -0.3 is 5.32 Å². The van der Waals surface area contributed by atoms with Gasteiger partial charge in [0.25, 0.3) is 5.69 Å². The summed E-state index contributed by atoms with van der Waals surface area (Å²) >= 11 is 12.3. The van der Waals surface area contributed by atoms with Crippen LogP contribution in [0, 0.1) is 4.91 Å². The highest BCUT2D eigenvalue weighted by molar-refractivity contribution is 6.30. The number of halogens is 2. The fourth-order valence-corrected chi connectivity index (χ4v) is 2.33. The molecule has 0 aliphatic rings. The van der Waals surface area contributed by atoms with Gasteiger partial charge in [0.1, 0.15) is 5.69 Å². The molecule has 0 spiro atoms. The molecule has 4 nitrogen and oxygen atoms in total. The smallest absolute Gasteiger partial charge is 0.277 e. The summed E-state index contributed by atoms with van der Waals surface area (Å²) in [6.07, 6.45) is 0. The molecule has 1 unspecified atom stereocenters. The molecule has 108 valence electrons. The number of alkyl halides is 1. The molecule has 0 bridgehead atoms. The summed E-state index contributed by atoms with van der Waals surface area (Å²) in [6, 6.07) is 12.2. The molecule has 2 rings (SSSR count). The first-order valence-corrected chi connectivity index (χ1v) is 7.02. The molecule has 1 atom stereocenters. The minimum atomic E-state index is -0.416. The fourth-order valence-electron chi connectivity index (χ4n) is 1.93. The quantitative estimate of drug-likeness (QED) is 0.849. The molecule has 0 saturated heterocycles. The van der Waals surface area contributed by atoms with Crippen molar-refractivity contribution < 1.29 is 9.97 Å². The van der Waals surface area contributed by atoms with E-state index in [-0.39, 0.29) is 11.6 Å². The third-order valence-corrected chi connectivity index (χ3v) is 3.68. The van der Waals surface area contributed by atoms with Crippen molar-refractivity contribution in [2.75, 3.05) is 5.32 Å². The molecular formula is C15H13Cl2N2O2+. The summed E-state index contributed by atoms with van der Waals surface area (Å²) in [6.45, 7) is 1.38. The molecule has 0 fully saturated rings. The predicted molar refractivity (Wildman–Crippen MR) is 83.9 cm³/mol. The number of nitroso groups, excluding NO2 is 1. The van der Waals surface area contributed by atoms with E-state index in [1.807, 2.05) is 17.3 Å². The number of nitrogens with one attached hydrogen (secondary N) is 2. The summed E-state index contributed by atoms with van der Waals surface area (Å²) < 4.78 is 0. The monoisotopic (exact) mass is 323 g/mol. The molecule has 0 radical (unpaired) electrons. The number of carbonyl (C=O) groups excluding carboxylic acids is 1. The van der Waals surface area contributed by atoms with E-state index in [1.54, 1.807) is 30.3 Å². The van der Waals surface area contributed by atoms with E-state index in [9.17, 15) is 9.70 Å². The fraction of sp³-hybridized carbons (Fsp3) is 0.133. The summed E-state index contributed by atoms with van der Waals surface area (Å²) in [5.41, 5.74) is 2.29. The Labute approximate surface area is 132 Å². The average Bonchev–Trinajstić information content (AvgIpc) is 2.47. The summed E-state index contributed by atoms with van der Waals surface area (Å²) in [7, 11) is 0. The topological polar surface area (TPSA) is 60.1 Å². The highest BCUT2D eigenvalue weighted by Crippen LogP contribution is 2.32. The van der Waals surface area contributed by atoms with E-state index in [0.717, 1.165) is 11.1 Å². The first-order chi connectivity index (χ1) is 10.0. The Kier molecular flexibility index (Phi) is 4.94. The van der Waals surface area contributed by atoms with Crippen molar-refractivity contribution in [1.82, 2.24) is 0 Å². The second-order valence-electron chi connectivity index (χ2n) is 4.50. The minimum absolute atomic E-state index is 0.251. The van der Waals surface area contributed by atoms with Gasteiger partial charge in [-0.15, -0.1) is 11.6 Å². The van der Waals surface area contributed by atoms with Gasteiger partial charge in [-0.2, -0.15) is 0 Å². The highest BCUT2D eigenvalue weighted by atomic mass is 35.5. The molecule has 0 saturated carbocycles. The Morgan fingerprint density at radius 3 is 2.33 bits per heavy atom. The second-order valence-corrected chi connectivity index (χ2v) is 5.38. The van der Waals surface area contributed by atoms with Crippen molar-refractivity contribution >= 4 is 40.5 Å². The van der Waals surface area contributed by atoms with E-state index < -0.39 is 5.38 Å². The van der Waals surface area contributed by atoms with Gasteiger partial charge in [0.15, 0.2) is 0 Å². The van der Waals surface area contributed by atoms with Crippen LogP contribution in [0.4, 0.5) is 11.4 Å². The predicted octanol–water partition coefficient (Wildman–Crippen LogP) is 3.11. The van der Waals surface area contributed by atoms with Crippen LogP contribution in [0.25, 0.3) is 0 Å². The van der Waals surface area contributed by atoms with Crippen LogP contribution in [0.2, 0.25) is 5.02 Å². The maximum absolute atomic E-state index is 11.1. The largest absolute Gasteiger partial charge is 0.321 e. The van der Waals surface area contributed by atoms with Crippen molar-refractivity contribution in [1.29, 1.82) is 0 Å². The number of benzene rings is 2. The number of anilines is 1. The number of hydrogen-bond acceptors (Lipinski definition) is 2. The van der Waals surface area contributed by atoms with Crippen molar-refractivity contribution in [3.8, 4) is 0 Å². The van der Waals surface area contributed by atoms with E-state index in [4.69, 9.17) is 23.2 Å². The minimum Gasteiger partial charge on any atom is -0.321 e. The van der Waals surface area contributed by atoms with Crippen LogP contribution in [0.15, 0.2) is 42.5 Å². The zero-order valence-corrected chi connectivity index (χ0v) is 12.7. The van der Waals surface area contributed by atoms with Crippen LogP contribution in [-0.4, -0.2) is 5.91 Å². The molecule has 2 N–H and O–H groups in total. The molecule has 2 aromatic carbocycles. The Bertz CT molecular complexity index is 672. The Morgan fingerprint density at radius 2 is 1.76 bits per heavy atom.